The molecule has 3 heterocycles. The molecule has 0 spiro atoms. The second-order valence-corrected chi connectivity index (χ2v) is 10.4. The molecule has 0 atom stereocenters. The number of anilines is 2. The molecule has 4 rings (SSSR count). The Kier molecular flexibility index (Phi) is 6.20. The molecule has 1 aliphatic heterocycles. The normalized spacial score (nSPS) is 15.6. The van der Waals surface area contributed by atoms with E-state index in [-0.39, 0.29) is 16.6 Å². The molecule has 1 aromatic carbocycles. The summed E-state index contributed by atoms with van der Waals surface area (Å²) < 4.78 is 28.2. The second kappa shape index (κ2) is 8.90. The molecule has 0 unspecified atom stereocenters. The highest BCUT2D eigenvalue weighted by molar-refractivity contribution is 7.89. The molecule has 12 heteroatoms. The number of nitrogens with zero attached hydrogens (tertiary/aromatic N) is 4. The van der Waals surface area contributed by atoms with Crippen LogP contribution >= 0.6 is 11.3 Å². The summed E-state index contributed by atoms with van der Waals surface area (Å²) in [6.45, 7) is 3.64. The van der Waals surface area contributed by atoms with Gasteiger partial charge in [-0.2, -0.15) is 4.31 Å². The maximum absolute atomic E-state index is 13.0. The number of thiazole rings is 1. The van der Waals surface area contributed by atoms with Gasteiger partial charge in [-0.1, -0.05) is 11.3 Å². The van der Waals surface area contributed by atoms with Gasteiger partial charge in [0.1, 0.15) is 5.82 Å². The van der Waals surface area contributed by atoms with Crippen LogP contribution in [0, 0.1) is 0 Å². The fourth-order valence-corrected chi connectivity index (χ4v) is 5.71. The van der Waals surface area contributed by atoms with Crippen LogP contribution in [0.1, 0.15) is 17.3 Å². The number of likely N-dealkylation sites (N-methyl/N-ethyl adjacent to an activating group) is 1. The van der Waals surface area contributed by atoms with E-state index in [0.717, 1.165) is 0 Å². The van der Waals surface area contributed by atoms with Gasteiger partial charge >= 0.3 is 0 Å². The van der Waals surface area contributed by atoms with Gasteiger partial charge in [0.05, 0.1) is 15.1 Å². The first-order valence-electron chi connectivity index (χ1n) is 9.87. The summed E-state index contributed by atoms with van der Waals surface area (Å²) >= 11 is 1.19. The van der Waals surface area contributed by atoms with Crippen LogP contribution in [0.25, 0.3) is 10.2 Å². The van der Waals surface area contributed by atoms with Gasteiger partial charge in [0.15, 0.2) is 5.13 Å². The quantitative estimate of drug-likeness (QED) is 0.578. The molecule has 3 aromatic rings. The number of nitrogens with one attached hydrogen (secondary N) is 2. The van der Waals surface area contributed by atoms with Crippen molar-refractivity contribution in [2.75, 3.05) is 43.9 Å². The molecular weight excluding hydrogens is 452 g/mol. The minimum Gasteiger partial charge on any atom is -0.311 e. The molecule has 0 radical (unpaired) electrons. The van der Waals surface area contributed by atoms with Gasteiger partial charge in [0.25, 0.3) is 5.91 Å². The Labute approximate surface area is 189 Å². The molecule has 32 heavy (non-hydrogen) atoms. The van der Waals surface area contributed by atoms with E-state index in [2.05, 4.69) is 25.5 Å². The minimum atomic E-state index is -3.59. The SMILES string of the molecule is CC(=O)Nc1cc(C(=O)Nc2nc3ccc(S(=O)(=O)N4CCN(C)CC4)cc3s2)ccn1. The van der Waals surface area contributed by atoms with Crippen molar-refractivity contribution in [3.63, 3.8) is 0 Å². The number of pyridine rings is 1. The molecule has 0 bridgehead atoms. The number of hydrogen-bond donors (Lipinski definition) is 2. The standard InChI is InChI=1S/C20H22N6O4S2/c1-13(27)22-18-11-14(5-6-21-18)19(28)24-20-23-16-4-3-15(12-17(16)31-20)32(29,30)26-9-7-25(2)8-10-26/h3-6,11-12H,7-10H2,1-2H3,(H,21,22,27)(H,23,24,28). The molecule has 2 aromatic heterocycles. The molecule has 168 valence electrons. The van der Waals surface area contributed by atoms with E-state index < -0.39 is 15.9 Å². The smallest absolute Gasteiger partial charge is 0.257 e. The minimum absolute atomic E-state index is 0.213. The fraction of sp³-hybridized carbons (Fsp3) is 0.300. The van der Waals surface area contributed by atoms with Gasteiger partial charge in [0.2, 0.25) is 15.9 Å². The Hall–Kier alpha value is -2.93. The van der Waals surface area contributed by atoms with Crippen molar-refractivity contribution < 1.29 is 18.0 Å². The number of carbonyl (C=O) groups is 2. The first kappa shape index (κ1) is 22.3. The Balaban J connectivity index is 1.53. The second-order valence-electron chi connectivity index (χ2n) is 7.42. The number of amides is 2. The average molecular weight is 475 g/mol. The Morgan fingerprint density at radius 2 is 1.81 bits per heavy atom. The van der Waals surface area contributed by atoms with Crippen LogP contribution in [0.15, 0.2) is 41.4 Å². The van der Waals surface area contributed by atoms with Crippen molar-refractivity contribution in [2.45, 2.75) is 11.8 Å². The summed E-state index contributed by atoms with van der Waals surface area (Å²) in [5.74, 6) is -0.430. The number of hydrogen-bond acceptors (Lipinski definition) is 8. The van der Waals surface area contributed by atoms with E-state index in [1.807, 2.05) is 7.05 Å². The third-order valence-electron chi connectivity index (χ3n) is 5.01. The van der Waals surface area contributed by atoms with Crippen molar-refractivity contribution in [3.8, 4) is 0 Å². The molecule has 1 fully saturated rings. The highest BCUT2D eigenvalue weighted by Gasteiger charge is 2.28. The number of fused-ring (bicyclic) bond motifs is 1. The molecule has 1 aliphatic rings. The van der Waals surface area contributed by atoms with Crippen molar-refractivity contribution in [1.29, 1.82) is 0 Å². The lowest BCUT2D eigenvalue weighted by molar-refractivity contribution is -0.114. The lowest BCUT2D eigenvalue weighted by atomic mass is 10.2. The number of benzene rings is 1. The zero-order valence-corrected chi connectivity index (χ0v) is 19.2. The summed E-state index contributed by atoms with van der Waals surface area (Å²) in [4.78, 5) is 34.5. The van der Waals surface area contributed by atoms with E-state index in [1.54, 1.807) is 18.2 Å². The Morgan fingerprint density at radius 1 is 1.06 bits per heavy atom. The van der Waals surface area contributed by atoms with Crippen LogP contribution < -0.4 is 10.6 Å². The molecule has 10 nitrogen and oxygen atoms in total. The van der Waals surface area contributed by atoms with Crippen LogP contribution in [-0.4, -0.2) is 72.6 Å². The maximum atomic E-state index is 13.0. The van der Waals surface area contributed by atoms with Crippen LogP contribution in [0.3, 0.4) is 0 Å². The third-order valence-corrected chi connectivity index (χ3v) is 7.83. The zero-order chi connectivity index (χ0) is 22.9. The molecular formula is C20H22N6O4S2. The highest BCUT2D eigenvalue weighted by atomic mass is 32.2. The van der Waals surface area contributed by atoms with Crippen molar-refractivity contribution in [1.82, 2.24) is 19.2 Å². The summed E-state index contributed by atoms with van der Waals surface area (Å²) in [6.07, 6.45) is 1.42. The number of piperazine rings is 1. The maximum Gasteiger partial charge on any atom is 0.257 e. The third kappa shape index (κ3) is 4.78. The van der Waals surface area contributed by atoms with Gasteiger partial charge in [-0.25, -0.2) is 18.4 Å². The predicted octanol–water partition coefficient (Wildman–Crippen LogP) is 1.84. The van der Waals surface area contributed by atoms with E-state index >= 15 is 0 Å². The zero-order valence-electron chi connectivity index (χ0n) is 17.5. The van der Waals surface area contributed by atoms with Crippen LogP contribution in [0.5, 0.6) is 0 Å². The predicted molar refractivity (Wildman–Crippen MR) is 122 cm³/mol. The molecule has 2 N–H and O–H groups in total. The van der Waals surface area contributed by atoms with Gasteiger partial charge in [-0.3, -0.25) is 14.9 Å². The van der Waals surface area contributed by atoms with E-state index in [1.165, 1.54) is 40.9 Å². The van der Waals surface area contributed by atoms with Crippen molar-refractivity contribution >= 4 is 54.3 Å². The van der Waals surface area contributed by atoms with Gasteiger partial charge in [-0.05, 0) is 37.4 Å². The summed E-state index contributed by atoms with van der Waals surface area (Å²) in [7, 11) is -1.62. The van der Waals surface area contributed by atoms with E-state index in [4.69, 9.17) is 0 Å². The first-order chi connectivity index (χ1) is 15.2. The number of sulfonamides is 1. The van der Waals surface area contributed by atoms with Gasteiger partial charge < -0.3 is 10.2 Å². The van der Waals surface area contributed by atoms with Crippen molar-refractivity contribution in [2.24, 2.45) is 0 Å². The van der Waals surface area contributed by atoms with E-state index in [9.17, 15) is 18.0 Å². The summed E-state index contributed by atoms with van der Waals surface area (Å²) in [5, 5.41) is 5.59. The molecule has 0 aliphatic carbocycles. The average Bonchev–Trinajstić information content (AvgIpc) is 3.15. The Bertz CT molecular complexity index is 1280. The summed E-state index contributed by atoms with van der Waals surface area (Å²) in [6, 6.07) is 7.77. The number of carbonyl (C=O) groups excluding carboxylic acids is 2. The number of rotatable bonds is 5. The van der Waals surface area contributed by atoms with Crippen LogP contribution in [0.4, 0.5) is 10.9 Å². The summed E-state index contributed by atoms with van der Waals surface area (Å²) in [5.41, 5.74) is 0.901. The Morgan fingerprint density at radius 3 is 2.53 bits per heavy atom. The van der Waals surface area contributed by atoms with Crippen LogP contribution in [-0.2, 0) is 14.8 Å². The molecule has 1 saturated heterocycles. The highest BCUT2D eigenvalue weighted by Crippen LogP contribution is 2.30. The molecule has 0 saturated carbocycles. The largest absolute Gasteiger partial charge is 0.311 e. The van der Waals surface area contributed by atoms with E-state index in [0.29, 0.717) is 47.1 Å². The lowest BCUT2D eigenvalue weighted by Gasteiger charge is -2.31. The van der Waals surface area contributed by atoms with Gasteiger partial charge in [0, 0.05) is 44.9 Å². The van der Waals surface area contributed by atoms with Crippen LogP contribution in [0.2, 0.25) is 0 Å². The first-order valence-corrected chi connectivity index (χ1v) is 12.1. The lowest BCUT2D eigenvalue weighted by Crippen LogP contribution is -2.46. The van der Waals surface area contributed by atoms with Crippen molar-refractivity contribution in [3.05, 3.63) is 42.1 Å². The van der Waals surface area contributed by atoms with Gasteiger partial charge in [-0.15, -0.1) is 0 Å². The monoisotopic (exact) mass is 474 g/mol. The topological polar surface area (TPSA) is 125 Å². The fourth-order valence-electron chi connectivity index (χ4n) is 3.29. The number of aromatic nitrogens is 2. The molecule has 2 amide bonds.